The van der Waals surface area contributed by atoms with Crippen molar-refractivity contribution in [3.8, 4) is 0 Å². The molecule has 3 rings (SSSR count). The van der Waals surface area contributed by atoms with E-state index in [4.69, 9.17) is 5.11 Å². The molecule has 6 nitrogen and oxygen atoms in total. The largest absolute Gasteiger partial charge is 0.481 e. The lowest BCUT2D eigenvalue weighted by Crippen LogP contribution is -2.49. The molecular formula is C19H18F3N3O3. The highest BCUT2D eigenvalue weighted by Crippen LogP contribution is 2.29. The first-order valence-corrected chi connectivity index (χ1v) is 8.63. The number of carbonyl (C=O) groups is 2. The zero-order valence-electron chi connectivity index (χ0n) is 14.8. The molecule has 1 aliphatic heterocycles. The summed E-state index contributed by atoms with van der Waals surface area (Å²) < 4.78 is 37.9. The van der Waals surface area contributed by atoms with Crippen LogP contribution < -0.4 is 4.90 Å². The van der Waals surface area contributed by atoms with E-state index in [1.165, 1.54) is 6.07 Å². The molecule has 0 radical (unpaired) electrons. The fraction of sp³-hybridized carbons (Fsp3) is 0.316. The molecule has 2 heterocycles. The second-order valence-corrected chi connectivity index (χ2v) is 6.41. The highest BCUT2D eigenvalue weighted by atomic mass is 19.4. The van der Waals surface area contributed by atoms with E-state index in [2.05, 4.69) is 4.98 Å². The summed E-state index contributed by atoms with van der Waals surface area (Å²) in [6.45, 7) is 1.57. The van der Waals surface area contributed by atoms with Gasteiger partial charge in [-0.25, -0.2) is 4.98 Å². The Kier molecular flexibility index (Phi) is 5.53. The second-order valence-electron chi connectivity index (χ2n) is 6.41. The molecule has 1 N–H and O–H groups in total. The van der Waals surface area contributed by atoms with Crippen LogP contribution in [0.3, 0.4) is 0 Å². The molecule has 0 spiro atoms. The van der Waals surface area contributed by atoms with Crippen LogP contribution in [-0.4, -0.2) is 53.0 Å². The molecule has 0 atom stereocenters. The highest BCUT2D eigenvalue weighted by Gasteiger charge is 2.31. The van der Waals surface area contributed by atoms with E-state index in [1.54, 1.807) is 29.2 Å². The Morgan fingerprint density at radius 1 is 1.04 bits per heavy atom. The van der Waals surface area contributed by atoms with Gasteiger partial charge in [0, 0.05) is 37.9 Å². The van der Waals surface area contributed by atoms with E-state index in [0.717, 1.165) is 12.3 Å². The van der Waals surface area contributed by atoms with Crippen molar-refractivity contribution < 1.29 is 27.9 Å². The molecule has 0 bridgehead atoms. The number of hydrogen-bond donors (Lipinski definition) is 1. The second kappa shape index (κ2) is 7.87. The number of halogens is 3. The number of alkyl halides is 3. The van der Waals surface area contributed by atoms with Gasteiger partial charge >= 0.3 is 12.1 Å². The lowest BCUT2D eigenvalue weighted by atomic mass is 10.0. The molecule has 1 fully saturated rings. The number of carbonyl (C=O) groups excluding carboxylic acids is 1. The van der Waals surface area contributed by atoms with Crippen LogP contribution in [0.4, 0.5) is 19.0 Å². The fourth-order valence-electron chi connectivity index (χ4n) is 3.10. The number of anilines is 1. The molecule has 1 aromatic carbocycles. The van der Waals surface area contributed by atoms with E-state index in [-0.39, 0.29) is 12.3 Å². The highest BCUT2D eigenvalue weighted by molar-refractivity contribution is 5.96. The van der Waals surface area contributed by atoms with E-state index in [9.17, 15) is 22.8 Å². The van der Waals surface area contributed by atoms with Crippen LogP contribution in [0.2, 0.25) is 0 Å². The number of aliphatic carboxylic acids is 1. The first-order valence-electron chi connectivity index (χ1n) is 8.63. The van der Waals surface area contributed by atoms with Gasteiger partial charge in [0.1, 0.15) is 5.82 Å². The topological polar surface area (TPSA) is 73.7 Å². The molecular weight excluding hydrogens is 375 g/mol. The Labute approximate surface area is 159 Å². The van der Waals surface area contributed by atoms with Gasteiger partial charge in [0.05, 0.1) is 12.0 Å². The Morgan fingerprint density at radius 3 is 2.29 bits per heavy atom. The zero-order chi connectivity index (χ0) is 20.3. The van der Waals surface area contributed by atoms with Crippen molar-refractivity contribution >= 4 is 17.7 Å². The monoisotopic (exact) mass is 393 g/mol. The van der Waals surface area contributed by atoms with Crippen LogP contribution in [0.1, 0.15) is 21.5 Å². The number of piperazine rings is 1. The smallest absolute Gasteiger partial charge is 0.417 e. The molecule has 1 aromatic heterocycles. The molecule has 1 saturated heterocycles. The van der Waals surface area contributed by atoms with Crippen LogP contribution >= 0.6 is 0 Å². The lowest BCUT2D eigenvalue weighted by molar-refractivity contribution is -0.138. The van der Waals surface area contributed by atoms with Crippen molar-refractivity contribution in [2.24, 2.45) is 0 Å². The van der Waals surface area contributed by atoms with E-state index in [0.29, 0.717) is 43.1 Å². The molecule has 2 aromatic rings. The van der Waals surface area contributed by atoms with Crippen LogP contribution in [0, 0.1) is 0 Å². The standard InChI is InChI=1S/C19H18F3N3O3/c20-19(21,22)14-5-6-16(23-12-14)24-7-9-25(10-8-24)18(28)15-4-2-1-3-13(15)11-17(26)27/h1-6,12H,7-11H2,(H,26,27). The molecule has 9 heteroatoms. The summed E-state index contributed by atoms with van der Waals surface area (Å²) >= 11 is 0. The third-order valence-electron chi connectivity index (χ3n) is 4.56. The van der Waals surface area contributed by atoms with Gasteiger partial charge in [-0.15, -0.1) is 0 Å². The van der Waals surface area contributed by atoms with Crippen LogP contribution in [0.25, 0.3) is 0 Å². The summed E-state index contributed by atoms with van der Waals surface area (Å²) in [6, 6.07) is 8.89. The van der Waals surface area contributed by atoms with Gasteiger partial charge < -0.3 is 14.9 Å². The van der Waals surface area contributed by atoms with Crippen LogP contribution in [0.15, 0.2) is 42.6 Å². The Balaban J connectivity index is 1.66. The molecule has 1 amide bonds. The van der Waals surface area contributed by atoms with Gasteiger partial charge in [0.2, 0.25) is 0 Å². The van der Waals surface area contributed by atoms with Gasteiger partial charge in [-0.05, 0) is 23.8 Å². The average molecular weight is 393 g/mol. The quantitative estimate of drug-likeness (QED) is 0.865. The van der Waals surface area contributed by atoms with Crippen molar-refractivity contribution in [3.05, 3.63) is 59.3 Å². The van der Waals surface area contributed by atoms with Gasteiger partial charge in [-0.2, -0.15) is 13.2 Å². The van der Waals surface area contributed by atoms with Gasteiger partial charge in [-0.1, -0.05) is 18.2 Å². The average Bonchev–Trinajstić information content (AvgIpc) is 2.67. The van der Waals surface area contributed by atoms with Gasteiger partial charge in [-0.3, -0.25) is 9.59 Å². The molecule has 148 valence electrons. The molecule has 28 heavy (non-hydrogen) atoms. The Morgan fingerprint density at radius 2 is 1.71 bits per heavy atom. The SMILES string of the molecule is O=C(O)Cc1ccccc1C(=O)N1CCN(c2ccc(C(F)(F)F)cn2)CC1. The maximum absolute atomic E-state index is 12.8. The fourth-order valence-corrected chi connectivity index (χ4v) is 3.10. The molecule has 1 aliphatic rings. The summed E-state index contributed by atoms with van der Waals surface area (Å²) in [6.07, 6.45) is -3.87. The van der Waals surface area contributed by atoms with Gasteiger partial charge in [0.25, 0.3) is 5.91 Å². The summed E-state index contributed by atoms with van der Waals surface area (Å²) in [5.41, 5.74) is -0.00191. The zero-order valence-corrected chi connectivity index (χ0v) is 14.8. The molecule has 0 aliphatic carbocycles. The number of pyridine rings is 1. The summed E-state index contributed by atoms with van der Waals surface area (Å²) in [7, 11) is 0. The number of carboxylic acids is 1. The van der Waals surface area contributed by atoms with Crippen molar-refractivity contribution in [1.29, 1.82) is 0 Å². The Hall–Kier alpha value is -3.10. The predicted octanol–water partition coefficient (Wildman–Crippen LogP) is 2.69. The van der Waals surface area contributed by atoms with E-state index in [1.807, 2.05) is 4.90 Å². The van der Waals surface area contributed by atoms with Crippen molar-refractivity contribution in [3.63, 3.8) is 0 Å². The Bertz CT molecular complexity index is 861. The first-order chi connectivity index (χ1) is 13.3. The minimum Gasteiger partial charge on any atom is -0.481 e. The third-order valence-corrected chi connectivity index (χ3v) is 4.56. The number of aromatic nitrogens is 1. The first kappa shape index (κ1) is 19.7. The summed E-state index contributed by atoms with van der Waals surface area (Å²) in [5.74, 6) is -0.846. The minimum absolute atomic E-state index is 0.239. The van der Waals surface area contributed by atoms with Gasteiger partial charge in [0.15, 0.2) is 0 Å². The van der Waals surface area contributed by atoms with Crippen molar-refractivity contribution in [2.75, 3.05) is 31.1 Å². The minimum atomic E-state index is -4.43. The van der Waals surface area contributed by atoms with E-state index >= 15 is 0 Å². The summed E-state index contributed by atoms with van der Waals surface area (Å²) in [4.78, 5) is 31.1. The number of rotatable bonds is 4. The number of carboxylic acid groups (broad SMARTS) is 1. The van der Waals surface area contributed by atoms with Crippen LogP contribution in [-0.2, 0) is 17.4 Å². The van der Waals surface area contributed by atoms with Crippen LogP contribution in [0.5, 0.6) is 0 Å². The number of amides is 1. The number of hydrogen-bond acceptors (Lipinski definition) is 4. The van der Waals surface area contributed by atoms with E-state index < -0.39 is 17.7 Å². The lowest BCUT2D eigenvalue weighted by Gasteiger charge is -2.35. The maximum Gasteiger partial charge on any atom is 0.417 e. The number of nitrogens with zero attached hydrogens (tertiary/aromatic N) is 3. The molecule has 0 unspecified atom stereocenters. The maximum atomic E-state index is 12.8. The molecule has 0 saturated carbocycles. The normalized spacial score (nSPS) is 14.8. The third kappa shape index (κ3) is 4.41. The summed E-state index contributed by atoms with van der Waals surface area (Å²) in [5, 5.41) is 9.01. The van der Waals surface area contributed by atoms with Crippen molar-refractivity contribution in [2.45, 2.75) is 12.6 Å². The van der Waals surface area contributed by atoms with Crippen molar-refractivity contribution in [1.82, 2.24) is 9.88 Å². The number of benzene rings is 1. The predicted molar refractivity (Wildman–Crippen MR) is 95.1 cm³/mol.